The maximum atomic E-state index is 11.4. The smallest absolute Gasteiger partial charge is 0.221 e. The highest BCUT2D eigenvalue weighted by atomic mass is 16.3. The number of carbonyl (C=O) groups is 1. The fourth-order valence-electron chi connectivity index (χ4n) is 2.01. The minimum atomic E-state index is -0.537. The molecule has 3 N–H and O–H groups in total. The summed E-state index contributed by atoms with van der Waals surface area (Å²) < 4.78 is 0. The Kier molecular flexibility index (Phi) is 8.01. The van der Waals surface area contributed by atoms with Crippen LogP contribution in [0.3, 0.4) is 0 Å². The summed E-state index contributed by atoms with van der Waals surface area (Å²) in [5.41, 5.74) is 2.17. The molecule has 1 amide bonds. The Labute approximate surface area is 128 Å². The summed E-state index contributed by atoms with van der Waals surface area (Å²) in [5.74, 6) is 0.552. The third-order valence-corrected chi connectivity index (χ3v) is 3.43. The first-order chi connectivity index (χ1) is 10.0. The quantitative estimate of drug-likeness (QED) is 0.612. The highest BCUT2D eigenvalue weighted by Gasteiger charge is 2.08. The Hall–Kier alpha value is -1.39. The fourth-order valence-corrected chi connectivity index (χ4v) is 2.01. The molecule has 0 aliphatic rings. The first-order valence-electron chi connectivity index (χ1n) is 7.80. The number of benzene rings is 1. The molecule has 0 bridgehead atoms. The van der Waals surface area contributed by atoms with Gasteiger partial charge in [0.1, 0.15) is 0 Å². The molecule has 0 radical (unpaired) electrons. The molecule has 0 heterocycles. The Morgan fingerprint density at radius 3 is 2.33 bits per heavy atom. The average molecular weight is 292 g/mol. The number of hydrogen-bond acceptors (Lipinski definition) is 3. The van der Waals surface area contributed by atoms with Gasteiger partial charge in [-0.2, -0.15) is 0 Å². The van der Waals surface area contributed by atoms with E-state index < -0.39 is 6.10 Å². The molecule has 118 valence electrons. The Morgan fingerprint density at radius 2 is 1.76 bits per heavy atom. The fraction of sp³-hybridized carbons (Fsp3) is 0.588. The van der Waals surface area contributed by atoms with Gasteiger partial charge in [0, 0.05) is 26.1 Å². The van der Waals surface area contributed by atoms with Crippen molar-refractivity contribution in [2.45, 2.75) is 45.6 Å². The normalized spacial score (nSPS) is 12.4. The van der Waals surface area contributed by atoms with E-state index in [0.717, 1.165) is 18.5 Å². The van der Waals surface area contributed by atoms with Crippen molar-refractivity contribution in [2.24, 2.45) is 0 Å². The van der Waals surface area contributed by atoms with Gasteiger partial charge in [-0.25, -0.2) is 0 Å². The number of aliphatic hydroxyl groups is 1. The summed E-state index contributed by atoms with van der Waals surface area (Å²) in [6.45, 7) is 8.09. The van der Waals surface area contributed by atoms with Gasteiger partial charge in [0.15, 0.2) is 0 Å². The van der Waals surface area contributed by atoms with E-state index in [-0.39, 0.29) is 5.91 Å². The summed E-state index contributed by atoms with van der Waals surface area (Å²) in [5, 5.41) is 16.0. The molecule has 0 aromatic heterocycles. The molecule has 0 spiro atoms. The molecule has 0 aliphatic heterocycles. The van der Waals surface area contributed by atoms with Gasteiger partial charge in [0.25, 0.3) is 0 Å². The maximum Gasteiger partial charge on any atom is 0.221 e. The molecule has 4 heteroatoms. The molecule has 0 saturated heterocycles. The molecular weight excluding hydrogens is 264 g/mol. The predicted molar refractivity (Wildman–Crippen MR) is 86.3 cm³/mol. The number of amides is 1. The van der Waals surface area contributed by atoms with Crippen molar-refractivity contribution in [2.75, 3.05) is 19.6 Å². The van der Waals surface area contributed by atoms with Crippen LogP contribution in [-0.2, 0) is 4.79 Å². The van der Waals surface area contributed by atoms with E-state index >= 15 is 0 Å². The molecule has 0 fully saturated rings. The predicted octanol–water partition coefficient (Wildman–Crippen LogP) is 2.35. The summed E-state index contributed by atoms with van der Waals surface area (Å²) in [7, 11) is 0. The zero-order valence-electron chi connectivity index (χ0n) is 13.4. The van der Waals surface area contributed by atoms with Gasteiger partial charge in [-0.15, -0.1) is 0 Å². The lowest BCUT2D eigenvalue weighted by molar-refractivity contribution is -0.121. The molecule has 4 nitrogen and oxygen atoms in total. The summed E-state index contributed by atoms with van der Waals surface area (Å²) in [6, 6.07) is 8.05. The lowest BCUT2D eigenvalue weighted by atomic mass is 10.00. The molecule has 1 rings (SSSR count). The van der Waals surface area contributed by atoms with Crippen LogP contribution < -0.4 is 10.6 Å². The van der Waals surface area contributed by atoms with Gasteiger partial charge in [0.05, 0.1) is 6.10 Å². The van der Waals surface area contributed by atoms with Gasteiger partial charge in [-0.1, -0.05) is 45.0 Å². The van der Waals surface area contributed by atoms with Crippen molar-refractivity contribution in [3.63, 3.8) is 0 Å². The molecule has 1 unspecified atom stereocenters. The number of rotatable bonds is 9. The highest BCUT2D eigenvalue weighted by molar-refractivity contribution is 5.75. The summed E-state index contributed by atoms with van der Waals surface area (Å²) in [6.07, 6.45) is 0.855. The SMILES string of the molecule is CCCNC(=O)CCNCC(O)c1ccc(C(C)C)cc1. The zero-order chi connectivity index (χ0) is 15.7. The van der Waals surface area contributed by atoms with Crippen LogP contribution in [0.5, 0.6) is 0 Å². The molecule has 0 saturated carbocycles. The van der Waals surface area contributed by atoms with Crippen LogP contribution in [0.2, 0.25) is 0 Å². The first-order valence-corrected chi connectivity index (χ1v) is 7.80. The van der Waals surface area contributed by atoms with Crippen molar-refractivity contribution in [1.82, 2.24) is 10.6 Å². The van der Waals surface area contributed by atoms with Crippen LogP contribution >= 0.6 is 0 Å². The Bertz CT molecular complexity index is 415. The molecule has 21 heavy (non-hydrogen) atoms. The van der Waals surface area contributed by atoms with Crippen LogP contribution in [0.1, 0.15) is 56.8 Å². The molecule has 1 atom stereocenters. The minimum absolute atomic E-state index is 0.0557. The second kappa shape index (κ2) is 9.53. The Balaban J connectivity index is 2.27. The van der Waals surface area contributed by atoms with Gasteiger partial charge >= 0.3 is 0 Å². The first kappa shape index (κ1) is 17.7. The summed E-state index contributed by atoms with van der Waals surface area (Å²) in [4.78, 5) is 11.4. The van der Waals surface area contributed by atoms with Crippen molar-refractivity contribution in [3.8, 4) is 0 Å². The van der Waals surface area contributed by atoms with Crippen LogP contribution in [0.25, 0.3) is 0 Å². The second-order valence-electron chi connectivity index (χ2n) is 5.64. The molecule has 1 aromatic rings. The van der Waals surface area contributed by atoms with Crippen LogP contribution in [-0.4, -0.2) is 30.6 Å². The van der Waals surface area contributed by atoms with Gasteiger partial charge in [-0.05, 0) is 23.5 Å². The van der Waals surface area contributed by atoms with E-state index in [1.54, 1.807) is 0 Å². The van der Waals surface area contributed by atoms with E-state index in [1.165, 1.54) is 5.56 Å². The zero-order valence-corrected chi connectivity index (χ0v) is 13.4. The molecule has 0 aliphatic carbocycles. The third kappa shape index (κ3) is 6.74. The number of nitrogens with one attached hydrogen (secondary N) is 2. The topological polar surface area (TPSA) is 61.4 Å². The van der Waals surface area contributed by atoms with E-state index in [2.05, 4.69) is 36.6 Å². The van der Waals surface area contributed by atoms with Crippen molar-refractivity contribution >= 4 is 5.91 Å². The van der Waals surface area contributed by atoms with E-state index in [0.29, 0.717) is 25.4 Å². The van der Waals surface area contributed by atoms with Gasteiger partial charge in [-0.3, -0.25) is 4.79 Å². The monoisotopic (exact) mass is 292 g/mol. The average Bonchev–Trinajstić information content (AvgIpc) is 2.49. The van der Waals surface area contributed by atoms with E-state index in [1.807, 2.05) is 19.1 Å². The number of hydrogen-bond donors (Lipinski definition) is 3. The van der Waals surface area contributed by atoms with Crippen LogP contribution in [0.15, 0.2) is 24.3 Å². The summed E-state index contributed by atoms with van der Waals surface area (Å²) >= 11 is 0. The molecule has 1 aromatic carbocycles. The lowest BCUT2D eigenvalue weighted by Crippen LogP contribution is -2.29. The standard InChI is InChI=1S/C17H28N2O2/c1-4-10-19-17(21)9-11-18-12-16(20)15-7-5-14(6-8-15)13(2)3/h5-8,13,16,18,20H,4,9-12H2,1-3H3,(H,19,21). The van der Waals surface area contributed by atoms with Gasteiger partial charge in [0.2, 0.25) is 5.91 Å². The highest BCUT2D eigenvalue weighted by Crippen LogP contribution is 2.18. The number of carbonyl (C=O) groups excluding carboxylic acids is 1. The third-order valence-electron chi connectivity index (χ3n) is 3.43. The van der Waals surface area contributed by atoms with Crippen molar-refractivity contribution in [3.05, 3.63) is 35.4 Å². The van der Waals surface area contributed by atoms with Crippen LogP contribution in [0.4, 0.5) is 0 Å². The Morgan fingerprint density at radius 1 is 1.14 bits per heavy atom. The second-order valence-corrected chi connectivity index (χ2v) is 5.64. The van der Waals surface area contributed by atoms with E-state index in [9.17, 15) is 9.90 Å². The van der Waals surface area contributed by atoms with E-state index in [4.69, 9.17) is 0 Å². The van der Waals surface area contributed by atoms with Gasteiger partial charge < -0.3 is 15.7 Å². The molecular formula is C17H28N2O2. The van der Waals surface area contributed by atoms with Crippen molar-refractivity contribution < 1.29 is 9.90 Å². The minimum Gasteiger partial charge on any atom is -0.387 e. The van der Waals surface area contributed by atoms with Crippen molar-refractivity contribution in [1.29, 1.82) is 0 Å². The lowest BCUT2D eigenvalue weighted by Gasteiger charge is -2.13. The number of aliphatic hydroxyl groups excluding tert-OH is 1. The maximum absolute atomic E-state index is 11.4. The largest absolute Gasteiger partial charge is 0.387 e. The van der Waals surface area contributed by atoms with Crippen LogP contribution in [0, 0.1) is 0 Å².